The number of H-pyrrole nitrogens is 4. The summed E-state index contributed by atoms with van der Waals surface area (Å²) in [7, 11) is 0. The zero-order valence-corrected chi connectivity index (χ0v) is 29.3. The second-order valence-electron chi connectivity index (χ2n) is 13.4. The minimum Gasteiger partial charge on any atom is -0.355 e. The van der Waals surface area contributed by atoms with Crippen LogP contribution in [-0.4, -0.2) is 39.9 Å². The van der Waals surface area contributed by atoms with Crippen molar-refractivity contribution in [3.63, 3.8) is 0 Å². The fourth-order valence-electron chi connectivity index (χ4n) is 6.88. The Morgan fingerprint density at radius 2 is 0.636 bits per heavy atom. The predicted octanol–water partition coefficient (Wildman–Crippen LogP) is 11.1. The van der Waals surface area contributed by atoms with Crippen LogP contribution in [0.25, 0.3) is 104 Å². The van der Waals surface area contributed by atoms with E-state index in [9.17, 15) is 0 Å². The van der Waals surface area contributed by atoms with Crippen LogP contribution in [0.3, 0.4) is 0 Å². The number of nitrogens with one attached hydrogen (secondary N) is 4. The average molecular weight is 715 g/mol. The van der Waals surface area contributed by atoms with E-state index in [1.54, 1.807) is 6.07 Å². The molecule has 0 atom stereocenters. The van der Waals surface area contributed by atoms with Crippen molar-refractivity contribution in [1.29, 1.82) is 0 Å². The van der Waals surface area contributed by atoms with Gasteiger partial charge < -0.3 is 19.9 Å². The third-order valence-corrected chi connectivity index (χ3v) is 9.39. The molecule has 11 rings (SSSR count). The summed E-state index contributed by atoms with van der Waals surface area (Å²) < 4.78 is 15.6. The van der Waals surface area contributed by atoms with Crippen molar-refractivity contribution in [3.05, 3.63) is 167 Å². The van der Waals surface area contributed by atoms with Gasteiger partial charge in [-0.1, -0.05) is 30.3 Å². The molecule has 4 aliphatic heterocycles. The van der Waals surface area contributed by atoms with Gasteiger partial charge in [-0.2, -0.15) is 0 Å². The van der Waals surface area contributed by atoms with Gasteiger partial charge in [0, 0.05) is 38.7 Å². The molecule has 0 unspecified atom stereocenters. The van der Waals surface area contributed by atoms with Crippen LogP contribution in [-0.2, 0) is 0 Å². The molecule has 1 aromatic carbocycles. The van der Waals surface area contributed by atoms with Gasteiger partial charge in [0.2, 0.25) is 0 Å². The van der Waals surface area contributed by atoms with E-state index in [0.29, 0.717) is 22.3 Å². The Labute approximate surface area is 313 Å². The highest BCUT2D eigenvalue weighted by molar-refractivity contribution is 5.88. The first kappa shape index (κ1) is 32.0. The largest absolute Gasteiger partial charge is 0.355 e. The zero-order chi connectivity index (χ0) is 36.7. The van der Waals surface area contributed by atoms with Gasteiger partial charge in [-0.15, -0.1) is 0 Å². The Morgan fingerprint density at radius 3 is 0.982 bits per heavy atom. The second kappa shape index (κ2) is 13.4. The summed E-state index contributed by atoms with van der Waals surface area (Å²) in [5.74, 6) is -0.303. The molecule has 262 valence electrons. The topological polar surface area (TPSA) is 115 Å². The molecule has 0 saturated heterocycles. The molecule has 8 nitrogen and oxygen atoms in total. The van der Waals surface area contributed by atoms with Crippen LogP contribution in [0.2, 0.25) is 0 Å². The molecule has 4 aliphatic rings. The molecule has 0 radical (unpaired) electrons. The van der Waals surface area contributed by atoms with Crippen molar-refractivity contribution in [2.45, 2.75) is 0 Å². The molecule has 16 bridgehead atoms. The molecule has 10 heterocycles. The van der Waals surface area contributed by atoms with E-state index in [0.717, 1.165) is 78.5 Å². The van der Waals surface area contributed by atoms with Crippen LogP contribution in [0.4, 0.5) is 4.39 Å². The predicted molar refractivity (Wildman–Crippen MR) is 223 cm³/mol. The molecule has 7 aromatic rings. The van der Waals surface area contributed by atoms with Crippen molar-refractivity contribution in [1.82, 2.24) is 39.9 Å². The molecule has 9 heteroatoms. The van der Waals surface area contributed by atoms with Crippen molar-refractivity contribution in [2.75, 3.05) is 0 Å². The lowest BCUT2D eigenvalue weighted by Crippen LogP contribution is -1.80. The average Bonchev–Trinajstić information content (AvgIpc) is 4.03. The third kappa shape index (κ3) is 6.85. The lowest BCUT2D eigenvalue weighted by molar-refractivity contribution is 0.644. The van der Waals surface area contributed by atoms with E-state index >= 15 is 4.39 Å². The molecular weight excluding hydrogens is 684 g/mol. The zero-order valence-electron chi connectivity index (χ0n) is 29.3. The number of benzene rings is 1. The SMILES string of the molecule is C1=Cc2cc3ccc(cc4nc(cc5ccc(cc1n2)[nH]5)C=C4)[nH]3.Fc1c(-c2ccccc2)c2cc3nc(cc4ccc(cc5nc(cc1[nH]2)C=C5)[nH]4)C=C3. The van der Waals surface area contributed by atoms with Crippen LogP contribution in [0.15, 0.2) is 115 Å². The van der Waals surface area contributed by atoms with E-state index in [4.69, 9.17) is 0 Å². The van der Waals surface area contributed by atoms with Crippen LogP contribution in [0, 0.1) is 5.82 Å². The molecule has 55 heavy (non-hydrogen) atoms. The summed E-state index contributed by atoms with van der Waals surface area (Å²) >= 11 is 0. The van der Waals surface area contributed by atoms with Gasteiger partial charge in [-0.05, 0) is 139 Å². The van der Waals surface area contributed by atoms with Crippen molar-refractivity contribution in [3.8, 4) is 11.1 Å². The number of halogens is 1. The van der Waals surface area contributed by atoms with Gasteiger partial charge in [-0.3, -0.25) is 0 Å². The second-order valence-corrected chi connectivity index (χ2v) is 13.4. The Bertz CT molecular complexity index is 2940. The van der Waals surface area contributed by atoms with Crippen LogP contribution < -0.4 is 0 Å². The highest BCUT2D eigenvalue weighted by Crippen LogP contribution is 2.31. The van der Waals surface area contributed by atoms with Crippen molar-refractivity contribution < 1.29 is 4.39 Å². The number of hydrogen-bond donors (Lipinski definition) is 4. The van der Waals surface area contributed by atoms with Crippen molar-refractivity contribution >= 4 is 92.7 Å². The highest BCUT2D eigenvalue weighted by Gasteiger charge is 2.14. The summed E-state index contributed by atoms with van der Waals surface area (Å²) in [6, 6.07) is 37.5. The summed E-state index contributed by atoms with van der Waals surface area (Å²) in [5, 5.41) is 0. The van der Waals surface area contributed by atoms with Crippen LogP contribution in [0.1, 0.15) is 45.6 Å². The smallest absolute Gasteiger partial charge is 0.156 e. The first-order valence-electron chi connectivity index (χ1n) is 17.9. The summed E-state index contributed by atoms with van der Waals surface area (Å²) in [5.41, 5.74) is 15.3. The Balaban J connectivity index is 0.000000140. The Morgan fingerprint density at radius 1 is 0.327 bits per heavy atom. The van der Waals surface area contributed by atoms with Gasteiger partial charge in [0.25, 0.3) is 0 Å². The Hall–Kier alpha value is -7.65. The van der Waals surface area contributed by atoms with Crippen molar-refractivity contribution in [2.24, 2.45) is 0 Å². The first-order chi connectivity index (χ1) is 27.0. The molecule has 0 aliphatic carbocycles. The van der Waals surface area contributed by atoms with Crippen LogP contribution in [0.5, 0.6) is 0 Å². The third-order valence-electron chi connectivity index (χ3n) is 9.39. The summed E-state index contributed by atoms with van der Waals surface area (Å²) in [6.07, 6.45) is 15.8. The summed E-state index contributed by atoms with van der Waals surface area (Å²) in [6.45, 7) is 0. The molecule has 0 saturated carbocycles. The number of rotatable bonds is 1. The van der Waals surface area contributed by atoms with Gasteiger partial charge in [0.15, 0.2) is 5.82 Å². The fraction of sp³-hybridized carbons (Fsp3) is 0. The van der Waals surface area contributed by atoms with Gasteiger partial charge in [-0.25, -0.2) is 24.3 Å². The van der Waals surface area contributed by atoms with E-state index in [2.05, 4.69) is 64.1 Å². The number of hydrogen-bond acceptors (Lipinski definition) is 4. The molecule has 0 amide bonds. The lowest BCUT2D eigenvalue weighted by atomic mass is 10.1. The quantitative estimate of drug-likeness (QED) is 0.135. The van der Waals surface area contributed by atoms with E-state index < -0.39 is 0 Å². The fourth-order valence-corrected chi connectivity index (χ4v) is 6.88. The molecular formula is C46H31FN8. The summed E-state index contributed by atoms with van der Waals surface area (Å²) in [4.78, 5) is 31.9. The first-order valence-corrected chi connectivity index (χ1v) is 17.9. The number of nitrogens with zero attached hydrogens (tertiary/aromatic N) is 4. The maximum absolute atomic E-state index is 15.6. The Kier molecular flexibility index (Phi) is 7.80. The minimum absolute atomic E-state index is 0.303. The molecule has 4 N–H and O–H groups in total. The molecule has 0 spiro atoms. The maximum atomic E-state index is 15.6. The van der Waals surface area contributed by atoms with E-state index in [1.165, 1.54) is 0 Å². The van der Waals surface area contributed by atoms with Gasteiger partial charge in [0.05, 0.1) is 56.6 Å². The highest BCUT2D eigenvalue weighted by atomic mass is 19.1. The van der Waals surface area contributed by atoms with E-state index in [1.807, 2.05) is 134 Å². The van der Waals surface area contributed by atoms with Gasteiger partial charge in [0.1, 0.15) is 0 Å². The molecule has 0 fully saturated rings. The monoisotopic (exact) mass is 714 g/mol. The number of aromatic nitrogens is 8. The number of aromatic amines is 4. The molecule has 6 aromatic heterocycles. The standard InChI is InChI=1S/C26H17FN4.C20H14N4/c27-26-24-15-22-11-9-20(30-22)13-18-7-6-17(28-18)12-19-8-10-21(29-19)14-23(31-24)25(26)16-4-2-1-3-5-16;1-2-14-10-16-5-6-18(23-16)12-20-8-7-19(24-20)11-17-4-3-15(22-17)9-13(1)21-14/h1-15,28,31H;1-12,21,24H. The van der Waals surface area contributed by atoms with Gasteiger partial charge >= 0.3 is 0 Å². The van der Waals surface area contributed by atoms with Crippen LogP contribution >= 0.6 is 0 Å². The number of fused-ring (bicyclic) bond motifs is 16. The van der Waals surface area contributed by atoms with E-state index in [-0.39, 0.29) is 5.82 Å². The lowest BCUT2D eigenvalue weighted by Gasteiger charge is -1.98. The normalized spacial score (nSPS) is 12.5. The maximum Gasteiger partial charge on any atom is 0.156 e. The minimum atomic E-state index is -0.303.